The highest BCUT2D eigenvalue weighted by molar-refractivity contribution is 5.42. The van der Waals surface area contributed by atoms with Gasteiger partial charge in [0.15, 0.2) is 0 Å². The number of hydrogen-bond donors (Lipinski definition) is 1. The van der Waals surface area contributed by atoms with Crippen molar-refractivity contribution in [3.63, 3.8) is 0 Å². The second kappa shape index (κ2) is 4.67. The fourth-order valence-electron chi connectivity index (χ4n) is 1.42. The Hall–Kier alpha value is -1.02. The first kappa shape index (κ1) is 12.1. The SMILES string of the molecule is Cc1cc(C)c(C)c(OC(C)[C@@H](C)O)c1. The standard InChI is InChI=1S/C13H20O2/c1-8-6-9(2)10(3)13(7-8)15-12(5)11(4)14/h6-7,11-12,14H,1-5H3/t11-,12?/m1/s1. The van der Waals surface area contributed by atoms with E-state index < -0.39 is 6.10 Å². The zero-order valence-corrected chi connectivity index (χ0v) is 10.2. The lowest BCUT2D eigenvalue weighted by atomic mass is 10.1. The average molecular weight is 208 g/mol. The molecule has 84 valence electrons. The van der Waals surface area contributed by atoms with Gasteiger partial charge in [0.2, 0.25) is 0 Å². The van der Waals surface area contributed by atoms with Crippen LogP contribution in [0.4, 0.5) is 0 Å². The summed E-state index contributed by atoms with van der Waals surface area (Å²) in [4.78, 5) is 0. The number of hydrogen-bond acceptors (Lipinski definition) is 2. The Balaban J connectivity index is 2.94. The predicted octanol–water partition coefficient (Wildman–Crippen LogP) is 2.76. The molecule has 1 rings (SSSR count). The van der Waals surface area contributed by atoms with Gasteiger partial charge in [-0.15, -0.1) is 0 Å². The third kappa shape index (κ3) is 2.96. The first-order valence-electron chi connectivity index (χ1n) is 5.34. The molecule has 0 saturated heterocycles. The minimum absolute atomic E-state index is 0.176. The minimum Gasteiger partial charge on any atom is -0.488 e. The van der Waals surface area contributed by atoms with Gasteiger partial charge in [0.05, 0.1) is 6.10 Å². The van der Waals surface area contributed by atoms with Gasteiger partial charge in [-0.05, 0) is 57.4 Å². The first-order chi connectivity index (χ1) is 6.91. The summed E-state index contributed by atoms with van der Waals surface area (Å²) in [7, 11) is 0. The van der Waals surface area contributed by atoms with E-state index in [0.29, 0.717) is 0 Å². The monoisotopic (exact) mass is 208 g/mol. The molecule has 2 nitrogen and oxygen atoms in total. The maximum Gasteiger partial charge on any atom is 0.123 e. The third-order valence-electron chi connectivity index (χ3n) is 2.76. The molecule has 0 aromatic heterocycles. The van der Waals surface area contributed by atoms with E-state index in [-0.39, 0.29) is 6.10 Å². The van der Waals surface area contributed by atoms with Gasteiger partial charge in [0.25, 0.3) is 0 Å². The molecule has 0 amide bonds. The molecule has 1 aromatic rings. The van der Waals surface area contributed by atoms with E-state index in [4.69, 9.17) is 4.74 Å². The number of aliphatic hydroxyl groups excluding tert-OH is 1. The highest BCUT2D eigenvalue weighted by atomic mass is 16.5. The highest BCUT2D eigenvalue weighted by Gasteiger charge is 2.12. The summed E-state index contributed by atoms with van der Waals surface area (Å²) < 4.78 is 5.72. The highest BCUT2D eigenvalue weighted by Crippen LogP contribution is 2.24. The van der Waals surface area contributed by atoms with E-state index in [0.717, 1.165) is 11.3 Å². The first-order valence-corrected chi connectivity index (χ1v) is 5.34. The zero-order chi connectivity index (χ0) is 11.6. The second-order valence-electron chi connectivity index (χ2n) is 4.27. The number of ether oxygens (including phenoxy) is 1. The summed E-state index contributed by atoms with van der Waals surface area (Å²) in [5, 5.41) is 9.39. The largest absolute Gasteiger partial charge is 0.488 e. The van der Waals surface area contributed by atoms with E-state index in [2.05, 4.69) is 13.0 Å². The molecule has 0 radical (unpaired) electrons. The van der Waals surface area contributed by atoms with Crippen LogP contribution < -0.4 is 4.74 Å². The molecule has 0 aliphatic carbocycles. The molecule has 0 saturated carbocycles. The van der Waals surface area contributed by atoms with Gasteiger partial charge in [-0.2, -0.15) is 0 Å². The molecule has 0 fully saturated rings. The summed E-state index contributed by atoms with van der Waals surface area (Å²) in [6, 6.07) is 4.15. The molecule has 0 bridgehead atoms. The van der Waals surface area contributed by atoms with Gasteiger partial charge < -0.3 is 9.84 Å². The Morgan fingerprint density at radius 3 is 2.27 bits per heavy atom. The van der Waals surface area contributed by atoms with Crippen LogP contribution in [0.3, 0.4) is 0 Å². The van der Waals surface area contributed by atoms with Crippen molar-refractivity contribution in [2.24, 2.45) is 0 Å². The molecule has 0 spiro atoms. The summed E-state index contributed by atoms with van der Waals surface area (Å²) in [6.07, 6.45) is -0.630. The summed E-state index contributed by atoms with van der Waals surface area (Å²) in [6.45, 7) is 9.78. The van der Waals surface area contributed by atoms with Crippen molar-refractivity contribution in [1.82, 2.24) is 0 Å². The fraction of sp³-hybridized carbons (Fsp3) is 0.538. The van der Waals surface area contributed by atoms with Crippen LogP contribution in [0.2, 0.25) is 0 Å². The molecule has 1 unspecified atom stereocenters. The maximum atomic E-state index is 9.39. The lowest BCUT2D eigenvalue weighted by Gasteiger charge is -2.20. The lowest BCUT2D eigenvalue weighted by Crippen LogP contribution is -2.26. The van der Waals surface area contributed by atoms with Crippen molar-refractivity contribution in [1.29, 1.82) is 0 Å². The topological polar surface area (TPSA) is 29.5 Å². The fourth-order valence-corrected chi connectivity index (χ4v) is 1.42. The third-order valence-corrected chi connectivity index (χ3v) is 2.76. The van der Waals surface area contributed by atoms with E-state index in [1.54, 1.807) is 6.92 Å². The molecule has 0 heterocycles. The van der Waals surface area contributed by atoms with Gasteiger partial charge >= 0.3 is 0 Å². The van der Waals surface area contributed by atoms with Crippen molar-refractivity contribution < 1.29 is 9.84 Å². The van der Waals surface area contributed by atoms with Crippen LogP contribution in [0.15, 0.2) is 12.1 Å². The van der Waals surface area contributed by atoms with E-state index in [1.807, 2.05) is 26.8 Å². The smallest absolute Gasteiger partial charge is 0.123 e. The maximum absolute atomic E-state index is 9.39. The van der Waals surface area contributed by atoms with Crippen LogP contribution in [0.25, 0.3) is 0 Å². The molecule has 2 heteroatoms. The number of aryl methyl sites for hydroxylation is 2. The van der Waals surface area contributed by atoms with Crippen LogP contribution in [0, 0.1) is 20.8 Å². The van der Waals surface area contributed by atoms with Crippen molar-refractivity contribution in [2.45, 2.75) is 46.8 Å². The van der Waals surface area contributed by atoms with Crippen molar-refractivity contribution in [2.75, 3.05) is 0 Å². The van der Waals surface area contributed by atoms with Gasteiger partial charge in [0, 0.05) is 0 Å². The van der Waals surface area contributed by atoms with Crippen LogP contribution in [-0.4, -0.2) is 17.3 Å². The lowest BCUT2D eigenvalue weighted by molar-refractivity contribution is 0.0599. The summed E-state index contributed by atoms with van der Waals surface area (Å²) in [5.74, 6) is 0.876. The average Bonchev–Trinajstić information content (AvgIpc) is 2.13. The molecule has 15 heavy (non-hydrogen) atoms. The van der Waals surface area contributed by atoms with Crippen molar-refractivity contribution in [3.8, 4) is 5.75 Å². The van der Waals surface area contributed by atoms with Gasteiger partial charge in [-0.1, -0.05) is 6.07 Å². The minimum atomic E-state index is -0.454. The molecule has 1 N–H and O–H groups in total. The molecule has 0 aliphatic heterocycles. The predicted molar refractivity (Wildman–Crippen MR) is 62.4 cm³/mol. The van der Waals surface area contributed by atoms with Gasteiger partial charge in [-0.25, -0.2) is 0 Å². The number of rotatable bonds is 3. The Bertz CT molecular complexity index is 343. The van der Waals surface area contributed by atoms with Crippen molar-refractivity contribution in [3.05, 3.63) is 28.8 Å². The van der Waals surface area contributed by atoms with Crippen LogP contribution in [-0.2, 0) is 0 Å². The summed E-state index contributed by atoms with van der Waals surface area (Å²) >= 11 is 0. The van der Waals surface area contributed by atoms with Crippen LogP contribution in [0.5, 0.6) is 5.75 Å². The molecule has 0 aliphatic rings. The van der Waals surface area contributed by atoms with Crippen molar-refractivity contribution >= 4 is 0 Å². The molecular weight excluding hydrogens is 188 g/mol. The second-order valence-corrected chi connectivity index (χ2v) is 4.27. The quantitative estimate of drug-likeness (QED) is 0.827. The Morgan fingerprint density at radius 2 is 1.73 bits per heavy atom. The molecule has 2 atom stereocenters. The zero-order valence-electron chi connectivity index (χ0n) is 10.2. The van der Waals surface area contributed by atoms with E-state index >= 15 is 0 Å². The Morgan fingerprint density at radius 1 is 1.13 bits per heavy atom. The van der Waals surface area contributed by atoms with Crippen LogP contribution >= 0.6 is 0 Å². The van der Waals surface area contributed by atoms with Gasteiger partial charge in [-0.3, -0.25) is 0 Å². The molecular formula is C13H20O2. The van der Waals surface area contributed by atoms with E-state index in [9.17, 15) is 5.11 Å². The van der Waals surface area contributed by atoms with Gasteiger partial charge in [0.1, 0.15) is 11.9 Å². The summed E-state index contributed by atoms with van der Waals surface area (Å²) in [5.41, 5.74) is 3.56. The number of benzene rings is 1. The normalized spacial score (nSPS) is 14.8. The Kier molecular flexibility index (Phi) is 3.75. The van der Waals surface area contributed by atoms with Crippen LogP contribution in [0.1, 0.15) is 30.5 Å². The number of aliphatic hydroxyl groups is 1. The molecule has 1 aromatic carbocycles. The van der Waals surface area contributed by atoms with E-state index in [1.165, 1.54) is 11.1 Å². The Labute approximate surface area is 91.9 Å².